The summed E-state index contributed by atoms with van der Waals surface area (Å²) in [5, 5.41) is -0.283. The smallest absolute Gasteiger partial charge is 0.313 e. The average Bonchev–Trinajstić information content (AvgIpc) is 2.74. The van der Waals surface area contributed by atoms with Crippen molar-refractivity contribution in [3.63, 3.8) is 0 Å². The van der Waals surface area contributed by atoms with Crippen molar-refractivity contribution in [1.29, 1.82) is 0 Å². The van der Waals surface area contributed by atoms with Crippen LogP contribution in [0.1, 0.15) is 25.7 Å². The molecule has 2 rings (SSSR count). The molecule has 0 aromatic heterocycles. The molecule has 74 valence electrons. The molecule has 0 saturated carbocycles. The van der Waals surface area contributed by atoms with Gasteiger partial charge in [0, 0.05) is 19.6 Å². The number of halogens is 1. The molecule has 2 aliphatic heterocycles. The minimum absolute atomic E-state index is 0.283. The third kappa shape index (κ3) is 1.81. The van der Waals surface area contributed by atoms with Gasteiger partial charge in [0.15, 0.2) is 0 Å². The molecule has 0 bridgehead atoms. The fourth-order valence-corrected chi connectivity index (χ4v) is 2.57. The van der Waals surface area contributed by atoms with E-state index in [0.29, 0.717) is 6.17 Å². The van der Waals surface area contributed by atoms with E-state index < -0.39 is 0 Å². The number of carbonyl (C=O) groups is 1. The molecular weight excluding hydrogens is 188 g/mol. The van der Waals surface area contributed by atoms with E-state index in [-0.39, 0.29) is 5.37 Å². The molecule has 1 unspecified atom stereocenters. The van der Waals surface area contributed by atoms with E-state index in [1.807, 2.05) is 0 Å². The standard InChI is InChI=1S/C9H15ClN2O/c10-9(13)12-7-3-4-8(12)11-5-1-2-6-11/h8H,1-7H2. The molecule has 2 fully saturated rings. The summed E-state index contributed by atoms with van der Waals surface area (Å²) in [5.41, 5.74) is 0. The molecule has 0 N–H and O–H groups in total. The van der Waals surface area contributed by atoms with Crippen LogP contribution in [0, 0.1) is 0 Å². The molecule has 1 atom stereocenters. The monoisotopic (exact) mass is 202 g/mol. The van der Waals surface area contributed by atoms with Gasteiger partial charge in [-0.25, -0.2) is 0 Å². The lowest BCUT2D eigenvalue weighted by Crippen LogP contribution is -2.44. The predicted molar refractivity (Wildman–Crippen MR) is 51.8 cm³/mol. The van der Waals surface area contributed by atoms with Crippen LogP contribution in [0.4, 0.5) is 4.79 Å². The van der Waals surface area contributed by atoms with Gasteiger partial charge in [-0.05, 0) is 37.3 Å². The Kier molecular flexibility index (Phi) is 2.74. The van der Waals surface area contributed by atoms with E-state index in [9.17, 15) is 4.79 Å². The topological polar surface area (TPSA) is 23.6 Å². The fourth-order valence-electron chi connectivity index (χ4n) is 2.37. The fraction of sp³-hybridized carbons (Fsp3) is 0.889. The molecule has 3 nitrogen and oxygen atoms in total. The van der Waals surface area contributed by atoms with Gasteiger partial charge in [0.2, 0.25) is 0 Å². The van der Waals surface area contributed by atoms with Crippen molar-refractivity contribution in [3.05, 3.63) is 0 Å². The van der Waals surface area contributed by atoms with Crippen LogP contribution in [0.25, 0.3) is 0 Å². The van der Waals surface area contributed by atoms with E-state index in [1.165, 1.54) is 12.8 Å². The number of hydrogen-bond donors (Lipinski definition) is 0. The van der Waals surface area contributed by atoms with Crippen molar-refractivity contribution in [2.24, 2.45) is 0 Å². The first-order chi connectivity index (χ1) is 6.29. The Morgan fingerprint density at radius 1 is 1.15 bits per heavy atom. The van der Waals surface area contributed by atoms with Crippen molar-refractivity contribution in [1.82, 2.24) is 9.80 Å². The summed E-state index contributed by atoms with van der Waals surface area (Å²) >= 11 is 5.52. The highest BCUT2D eigenvalue weighted by Gasteiger charge is 2.33. The average molecular weight is 203 g/mol. The van der Waals surface area contributed by atoms with E-state index in [4.69, 9.17) is 11.6 Å². The molecule has 0 aromatic carbocycles. The van der Waals surface area contributed by atoms with Gasteiger partial charge in [-0.1, -0.05) is 0 Å². The van der Waals surface area contributed by atoms with Crippen molar-refractivity contribution in [2.75, 3.05) is 19.6 Å². The van der Waals surface area contributed by atoms with Gasteiger partial charge in [-0.2, -0.15) is 0 Å². The maximum atomic E-state index is 11.1. The summed E-state index contributed by atoms with van der Waals surface area (Å²) in [7, 11) is 0. The molecule has 1 amide bonds. The van der Waals surface area contributed by atoms with E-state index in [2.05, 4.69) is 4.90 Å². The lowest BCUT2D eigenvalue weighted by molar-refractivity contribution is 0.125. The zero-order chi connectivity index (χ0) is 9.26. The quantitative estimate of drug-likeness (QED) is 0.479. The van der Waals surface area contributed by atoms with Crippen LogP contribution in [-0.2, 0) is 0 Å². The van der Waals surface area contributed by atoms with Gasteiger partial charge in [-0.3, -0.25) is 9.69 Å². The van der Waals surface area contributed by atoms with Gasteiger partial charge in [0.05, 0.1) is 6.17 Å². The first-order valence-electron chi connectivity index (χ1n) is 4.99. The minimum Gasteiger partial charge on any atom is -0.313 e. The van der Waals surface area contributed by atoms with Crippen LogP contribution in [0.2, 0.25) is 0 Å². The first-order valence-corrected chi connectivity index (χ1v) is 5.37. The summed E-state index contributed by atoms with van der Waals surface area (Å²) in [6, 6.07) is 0. The van der Waals surface area contributed by atoms with Gasteiger partial charge in [-0.15, -0.1) is 0 Å². The normalized spacial score (nSPS) is 29.9. The maximum absolute atomic E-state index is 11.1. The molecule has 2 aliphatic rings. The predicted octanol–water partition coefficient (Wildman–Crippen LogP) is 1.86. The van der Waals surface area contributed by atoms with Crippen LogP contribution in [0.5, 0.6) is 0 Å². The maximum Gasteiger partial charge on any atom is 0.317 e. The highest BCUT2D eigenvalue weighted by Crippen LogP contribution is 2.25. The molecule has 0 spiro atoms. The third-order valence-electron chi connectivity index (χ3n) is 3.01. The lowest BCUT2D eigenvalue weighted by Gasteiger charge is -2.30. The van der Waals surface area contributed by atoms with E-state index in [1.54, 1.807) is 4.90 Å². The van der Waals surface area contributed by atoms with Crippen molar-refractivity contribution in [2.45, 2.75) is 31.8 Å². The van der Waals surface area contributed by atoms with Gasteiger partial charge >= 0.3 is 5.37 Å². The summed E-state index contributed by atoms with van der Waals surface area (Å²) in [6.45, 7) is 3.10. The Balaban J connectivity index is 2.00. The van der Waals surface area contributed by atoms with Crippen LogP contribution >= 0.6 is 11.6 Å². The Labute approximate surface area is 83.6 Å². The van der Waals surface area contributed by atoms with E-state index in [0.717, 1.165) is 32.5 Å². The van der Waals surface area contributed by atoms with Gasteiger partial charge in [0.25, 0.3) is 0 Å². The highest BCUT2D eigenvalue weighted by molar-refractivity contribution is 6.62. The molecule has 2 heterocycles. The number of rotatable bonds is 1. The Bertz CT molecular complexity index is 204. The SMILES string of the molecule is O=C(Cl)N1CCCC1N1CCCC1. The molecule has 2 saturated heterocycles. The Hall–Kier alpha value is -0.280. The molecular formula is C9H15ClN2O. The summed E-state index contributed by atoms with van der Waals surface area (Å²) in [5.74, 6) is 0. The molecule has 13 heavy (non-hydrogen) atoms. The second kappa shape index (κ2) is 3.84. The number of hydrogen-bond acceptors (Lipinski definition) is 2. The zero-order valence-electron chi connectivity index (χ0n) is 7.71. The number of carbonyl (C=O) groups excluding carboxylic acids is 1. The number of nitrogens with zero attached hydrogens (tertiary/aromatic N) is 2. The largest absolute Gasteiger partial charge is 0.317 e. The van der Waals surface area contributed by atoms with E-state index >= 15 is 0 Å². The summed E-state index contributed by atoms with van der Waals surface area (Å²) in [4.78, 5) is 15.3. The lowest BCUT2D eigenvalue weighted by atomic mass is 10.3. The van der Waals surface area contributed by atoms with Crippen molar-refractivity contribution >= 4 is 17.0 Å². The van der Waals surface area contributed by atoms with Gasteiger partial charge in [0.1, 0.15) is 0 Å². The second-order valence-electron chi connectivity index (χ2n) is 3.81. The first kappa shape index (κ1) is 9.28. The Morgan fingerprint density at radius 3 is 2.46 bits per heavy atom. The van der Waals surface area contributed by atoms with Crippen molar-refractivity contribution in [3.8, 4) is 0 Å². The molecule has 4 heteroatoms. The third-order valence-corrected chi connectivity index (χ3v) is 3.23. The molecule has 0 radical (unpaired) electrons. The second-order valence-corrected chi connectivity index (χ2v) is 4.14. The van der Waals surface area contributed by atoms with Crippen LogP contribution in [-0.4, -0.2) is 41.0 Å². The van der Waals surface area contributed by atoms with Crippen LogP contribution < -0.4 is 0 Å². The molecule has 0 aromatic rings. The Morgan fingerprint density at radius 2 is 1.85 bits per heavy atom. The number of amides is 1. The highest BCUT2D eigenvalue weighted by atomic mass is 35.5. The van der Waals surface area contributed by atoms with Crippen LogP contribution in [0.3, 0.4) is 0 Å². The number of likely N-dealkylation sites (tertiary alicyclic amines) is 2. The zero-order valence-corrected chi connectivity index (χ0v) is 8.46. The minimum atomic E-state index is -0.283. The summed E-state index contributed by atoms with van der Waals surface area (Å²) in [6.07, 6.45) is 5.02. The molecule has 0 aliphatic carbocycles. The van der Waals surface area contributed by atoms with Gasteiger partial charge < -0.3 is 4.90 Å². The van der Waals surface area contributed by atoms with Crippen molar-refractivity contribution < 1.29 is 4.79 Å². The summed E-state index contributed by atoms with van der Waals surface area (Å²) < 4.78 is 0. The van der Waals surface area contributed by atoms with Crippen LogP contribution in [0.15, 0.2) is 0 Å².